The van der Waals surface area contributed by atoms with Crippen LogP contribution in [0, 0.1) is 26.7 Å². The Hall–Kier alpha value is -3.55. The average Bonchev–Trinajstić information content (AvgIpc) is 3.46. The molecule has 2 aliphatic heterocycles. The van der Waals surface area contributed by atoms with Gasteiger partial charge >= 0.3 is 0 Å². The number of carbonyl (C=O) groups excluding carboxylic acids is 2. The van der Waals surface area contributed by atoms with Crippen LogP contribution in [0.2, 0.25) is 0 Å². The van der Waals surface area contributed by atoms with Crippen molar-refractivity contribution in [2.24, 2.45) is 5.92 Å². The summed E-state index contributed by atoms with van der Waals surface area (Å²) in [5.74, 6) is 1.44. The zero-order chi connectivity index (χ0) is 22.5. The Kier molecular flexibility index (Phi) is 4.80. The van der Waals surface area contributed by atoms with E-state index in [0.717, 1.165) is 22.5 Å². The Morgan fingerprint density at radius 1 is 1.06 bits per heavy atom. The molecule has 2 aliphatic rings. The molecular formula is C24H26N6O2. The molecule has 32 heavy (non-hydrogen) atoms. The second-order valence-electron chi connectivity index (χ2n) is 9.03. The normalized spacial score (nSPS) is 22.3. The smallest absolute Gasteiger partial charge is 0.255 e. The van der Waals surface area contributed by atoms with Crippen LogP contribution in [0.15, 0.2) is 42.7 Å². The molecule has 5 rings (SSSR count). The number of hydrogen-bond donors (Lipinski definition) is 1. The summed E-state index contributed by atoms with van der Waals surface area (Å²) in [7, 11) is 0. The van der Waals surface area contributed by atoms with Crippen LogP contribution in [0.4, 0.5) is 0 Å². The van der Waals surface area contributed by atoms with Crippen molar-refractivity contribution in [2.75, 3.05) is 26.2 Å². The van der Waals surface area contributed by atoms with Crippen molar-refractivity contribution < 1.29 is 9.59 Å². The van der Waals surface area contributed by atoms with Gasteiger partial charge in [0, 0.05) is 50.1 Å². The molecule has 0 radical (unpaired) electrons. The zero-order valence-electron chi connectivity index (χ0n) is 18.5. The molecule has 8 heteroatoms. The Bertz CT molecular complexity index is 1190. The highest BCUT2D eigenvalue weighted by atomic mass is 16.2. The average molecular weight is 431 g/mol. The number of aromatic nitrogens is 4. The minimum atomic E-state index is -0.489. The van der Waals surface area contributed by atoms with Crippen molar-refractivity contribution >= 4 is 11.8 Å². The highest BCUT2D eigenvalue weighted by Gasteiger charge is 2.57. The molecule has 2 atom stereocenters. The van der Waals surface area contributed by atoms with Crippen LogP contribution >= 0.6 is 0 Å². The first-order valence-electron chi connectivity index (χ1n) is 10.8. The summed E-state index contributed by atoms with van der Waals surface area (Å²) in [5.41, 5.74) is 2.91. The summed E-state index contributed by atoms with van der Waals surface area (Å²) >= 11 is 0. The topological polar surface area (TPSA) is 95.1 Å². The molecule has 0 bridgehead atoms. The molecular weight excluding hydrogens is 404 g/mol. The lowest BCUT2D eigenvalue weighted by Gasteiger charge is -2.27. The molecule has 4 heterocycles. The molecule has 0 saturated carbocycles. The van der Waals surface area contributed by atoms with E-state index in [1.165, 1.54) is 0 Å². The lowest BCUT2D eigenvalue weighted by Crippen LogP contribution is -2.42. The number of pyridine rings is 1. The lowest BCUT2D eigenvalue weighted by molar-refractivity contribution is 0.0731. The number of H-pyrrole nitrogens is 1. The Morgan fingerprint density at radius 3 is 2.44 bits per heavy atom. The molecule has 2 aromatic heterocycles. The van der Waals surface area contributed by atoms with Crippen LogP contribution in [0.25, 0.3) is 0 Å². The predicted octanol–water partition coefficient (Wildman–Crippen LogP) is 2.29. The molecule has 2 saturated heterocycles. The van der Waals surface area contributed by atoms with Crippen LogP contribution in [-0.4, -0.2) is 68.0 Å². The summed E-state index contributed by atoms with van der Waals surface area (Å²) in [5, 5.41) is 7.41. The number of aromatic amines is 1. The summed E-state index contributed by atoms with van der Waals surface area (Å²) < 4.78 is 0. The fourth-order valence-electron chi connectivity index (χ4n) is 5.15. The van der Waals surface area contributed by atoms with Crippen LogP contribution in [0.5, 0.6) is 0 Å². The monoisotopic (exact) mass is 430 g/mol. The van der Waals surface area contributed by atoms with E-state index in [9.17, 15) is 9.59 Å². The Labute approximate surface area is 186 Å². The van der Waals surface area contributed by atoms with Gasteiger partial charge in [-0.05, 0) is 44.5 Å². The molecule has 0 unspecified atom stereocenters. The van der Waals surface area contributed by atoms with Gasteiger partial charge in [-0.1, -0.05) is 17.7 Å². The maximum absolute atomic E-state index is 13.4. The molecule has 1 aromatic carbocycles. The number of aryl methyl sites for hydroxylation is 3. The molecule has 1 N–H and O–H groups in total. The van der Waals surface area contributed by atoms with E-state index in [1.807, 2.05) is 48.8 Å². The fraction of sp³-hybridized carbons (Fsp3) is 0.375. The zero-order valence-corrected chi connectivity index (χ0v) is 18.5. The number of rotatable bonds is 3. The van der Waals surface area contributed by atoms with Gasteiger partial charge in [0.15, 0.2) is 5.82 Å². The number of likely N-dealkylation sites (tertiary alicyclic amines) is 2. The molecule has 8 nitrogen and oxygen atoms in total. The van der Waals surface area contributed by atoms with Gasteiger partial charge in [-0.3, -0.25) is 19.7 Å². The Balaban J connectivity index is 1.45. The van der Waals surface area contributed by atoms with Crippen molar-refractivity contribution in [3.63, 3.8) is 0 Å². The van der Waals surface area contributed by atoms with E-state index in [4.69, 9.17) is 0 Å². The first-order valence-corrected chi connectivity index (χ1v) is 10.8. The van der Waals surface area contributed by atoms with Gasteiger partial charge in [0.05, 0.1) is 11.0 Å². The van der Waals surface area contributed by atoms with Crippen molar-refractivity contribution in [3.05, 3.63) is 76.6 Å². The van der Waals surface area contributed by atoms with Crippen LogP contribution in [0.1, 0.15) is 43.5 Å². The number of fused-ring (bicyclic) bond motifs is 1. The summed E-state index contributed by atoms with van der Waals surface area (Å²) in [6.07, 6.45) is 3.25. The third kappa shape index (κ3) is 3.26. The van der Waals surface area contributed by atoms with Gasteiger partial charge in [0.1, 0.15) is 5.82 Å². The van der Waals surface area contributed by atoms with Gasteiger partial charge in [-0.2, -0.15) is 5.10 Å². The maximum Gasteiger partial charge on any atom is 0.255 e. The molecule has 0 spiro atoms. The lowest BCUT2D eigenvalue weighted by atomic mass is 9.80. The first kappa shape index (κ1) is 20.4. The summed E-state index contributed by atoms with van der Waals surface area (Å²) in [4.78, 5) is 39.0. The molecule has 164 valence electrons. The number of hydrogen-bond acceptors (Lipinski definition) is 5. The SMILES string of the molecule is Cc1ccc(C(=O)N2C[C@@H]3CN(C(=O)c4cccnc4)C[C@]3(c3n[nH]c(C)n3)C2)c(C)c1. The van der Waals surface area contributed by atoms with Crippen molar-refractivity contribution in [1.29, 1.82) is 0 Å². The molecule has 3 aromatic rings. The fourth-order valence-corrected chi connectivity index (χ4v) is 5.15. The minimum Gasteiger partial charge on any atom is -0.337 e. The van der Waals surface area contributed by atoms with Gasteiger partial charge in [0.2, 0.25) is 0 Å². The van der Waals surface area contributed by atoms with Crippen molar-refractivity contribution in [1.82, 2.24) is 30.0 Å². The number of nitrogens with zero attached hydrogens (tertiary/aromatic N) is 5. The van der Waals surface area contributed by atoms with E-state index in [-0.39, 0.29) is 17.7 Å². The standard InChI is InChI=1S/C24H26N6O2/c1-15-6-7-20(16(2)9-15)22(32)30-12-19-11-29(21(31)18-5-4-8-25-10-18)13-24(19,14-30)23-26-17(3)27-28-23/h4-10,19H,11-14H2,1-3H3,(H,26,27,28)/t19-,24-/m0/s1. The maximum atomic E-state index is 13.4. The predicted molar refractivity (Wildman–Crippen MR) is 118 cm³/mol. The number of amides is 2. The van der Waals surface area contributed by atoms with E-state index < -0.39 is 5.41 Å². The summed E-state index contributed by atoms with van der Waals surface area (Å²) in [6, 6.07) is 9.46. The number of carbonyl (C=O) groups is 2. The largest absolute Gasteiger partial charge is 0.337 e. The number of benzene rings is 1. The van der Waals surface area contributed by atoms with Gasteiger partial charge < -0.3 is 9.80 Å². The second-order valence-corrected chi connectivity index (χ2v) is 9.03. The Morgan fingerprint density at radius 2 is 1.81 bits per heavy atom. The second kappa shape index (κ2) is 7.55. The van der Waals surface area contributed by atoms with Gasteiger partial charge in [-0.25, -0.2) is 4.98 Å². The van der Waals surface area contributed by atoms with Gasteiger partial charge in [-0.15, -0.1) is 0 Å². The molecule has 2 amide bonds. The third-order valence-corrected chi connectivity index (χ3v) is 6.75. The highest BCUT2D eigenvalue weighted by molar-refractivity contribution is 5.96. The molecule has 0 aliphatic carbocycles. The van der Waals surface area contributed by atoms with Crippen molar-refractivity contribution in [2.45, 2.75) is 26.2 Å². The highest BCUT2D eigenvalue weighted by Crippen LogP contribution is 2.44. The van der Waals surface area contributed by atoms with E-state index in [1.54, 1.807) is 24.5 Å². The van der Waals surface area contributed by atoms with Crippen LogP contribution in [-0.2, 0) is 5.41 Å². The minimum absolute atomic E-state index is 0.0219. The summed E-state index contributed by atoms with van der Waals surface area (Å²) in [6.45, 7) is 7.94. The van der Waals surface area contributed by atoms with E-state index in [0.29, 0.717) is 37.6 Å². The van der Waals surface area contributed by atoms with Crippen molar-refractivity contribution in [3.8, 4) is 0 Å². The number of nitrogens with one attached hydrogen (secondary N) is 1. The molecule has 2 fully saturated rings. The quantitative estimate of drug-likeness (QED) is 0.688. The van der Waals surface area contributed by atoms with E-state index >= 15 is 0 Å². The van der Waals surface area contributed by atoms with E-state index in [2.05, 4.69) is 20.2 Å². The first-order chi connectivity index (χ1) is 15.4. The van der Waals surface area contributed by atoms with Gasteiger partial charge in [0.25, 0.3) is 11.8 Å². The van der Waals surface area contributed by atoms with Crippen LogP contribution in [0.3, 0.4) is 0 Å². The third-order valence-electron chi connectivity index (χ3n) is 6.75. The van der Waals surface area contributed by atoms with Crippen LogP contribution < -0.4 is 0 Å².